The Morgan fingerprint density at radius 2 is 2.13 bits per heavy atom. The number of nitrogens with two attached hydrogens (primary N) is 1. The summed E-state index contributed by atoms with van der Waals surface area (Å²) in [5, 5.41) is 11.4. The average Bonchev–Trinajstić information content (AvgIpc) is 2.74. The van der Waals surface area contributed by atoms with E-state index < -0.39 is 41.9 Å². The molecule has 1 aromatic heterocycles. The van der Waals surface area contributed by atoms with Crippen LogP contribution in [0, 0.1) is 17.1 Å². The summed E-state index contributed by atoms with van der Waals surface area (Å²) in [6.45, 7) is 1.39. The molecule has 1 aliphatic heterocycles. The largest absolute Gasteiger partial charge is 0.453 e. The van der Waals surface area contributed by atoms with Crippen LogP contribution in [0.1, 0.15) is 28.5 Å². The number of aliphatic imine (C=N–C) groups is 1. The third-order valence-corrected chi connectivity index (χ3v) is 4.85. The minimum Gasteiger partial charge on any atom is -0.453 e. The van der Waals surface area contributed by atoms with E-state index in [4.69, 9.17) is 20.5 Å². The fourth-order valence-corrected chi connectivity index (χ4v) is 3.38. The third kappa shape index (κ3) is 4.29. The number of benzene rings is 1. The Morgan fingerprint density at radius 1 is 1.39 bits per heavy atom. The number of nitrogens with zero attached hydrogens (tertiary/aromatic N) is 3. The van der Waals surface area contributed by atoms with Gasteiger partial charge in [-0.2, -0.15) is 5.26 Å². The van der Waals surface area contributed by atoms with Gasteiger partial charge in [-0.3, -0.25) is 4.79 Å². The number of anilines is 1. The van der Waals surface area contributed by atoms with Crippen LogP contribution in [0.3, 0.4) is 0 Å². The minimum absolute atomic E-state index is 0.0250. The maximum Gasteiger partial charge on any atom is 0.283 e. The lowest BCUT2D eigenvalue weighted by atomic mass is 9.82. The van der Waals surface area contributed by atoms with Gasteiger partial charge in [0.1, 0.15) is 29.2 Å². The van der Waals surface area contributed by atoms with Gasteiger partial charge < -0.3 is 20.5 Å². The highest BCUT2D eigenvalue weighted by atomic mass is 19.3. The second-order valence-corrected chi connectivity index (χ2v) is 6.86. The number of ether oxygens (including phenoxy) is 2. The van der Waals surface area contributed by atoms with Gasteiger partial charge in [-0.15, -0.1) is 0 Å². The molecule has 0 fully saturated rings. The Balaban J connectivity index is 1.96. The van der Waals surface area contributed by atoms with Gasteiger partial charge in [-0.1, -0.05) is 0 Å². The molecular formula is C20H18F3N5O3. The molecule has 1 unspecified atom stereocenters. The Hall–Kier alpha value is -3.65. The van der Waals surface area contributed by atoms with Gasteiger partial charge in [-0.25, -0.2) is 23.1 Å². The van der Waals surface area contributed by atoms with Gasteiger partial charge in [0.15, 0.2) is 6.10 Å². The van der Waals surface area contributed by atoms with Gasteiger partial charge >= 0.3 is 0 Å². The lowest BCUT2D eigenvalue weighted by Gasteiger charge is -2.41. The lowest BCUT2D eigenvalue weighted by molar-refractivity contribution is -0.121. The highest BCUT2D eigenvalue weighted by Crippen LogP contribution is 2.40. The average molecular weight is 433 g/mol. The zero-order valence-corrected chi connectivity index (χ0v) is 16.5. The van der Waals surface area contributed by atoms with Crippen molar-refractivity contribution in [2.45, 2.75) is 31.1 Å². The van der Waals surface area contributed by atoms with Gasteiger partial charge in [0.05, 0.1) is 5.56 Å². The van der Waals surface area contributed by atoms with Gasteiger partial charge in [0, 0.05) is 24.6 Å². The zero-order valence-electron chi connectivity index (χ0n) is 16.5. The SMILES string of the molecule is CO[C@@H]1C(C(F)F)OC(N)=N[C@@]1(C)c1cc(NC(=O)c2ccc(C#N)cn2)ccc1F. The first-order chi connectivity index (χ1) is 14.7. The standard InChI is InChI=1S/C20H18F3N5O3/c1-20(16(30-2)15(17(22)23)31-19(25)28-20)12-7-11(4-5-13(12)21)27-18(29)14-6-3-10(8-24)9-26-14/h3-7,9,15-17H,1-2H3,(H2,25,28)(H,27,29)/t15?,16-,20+/m1/s1. The number of nitrogens with one attached hydrogen (secondary N) is 1. The predicted octanol–water partition coefficient (Wildman–Crippen LogP) is 2.55. The molecule has 0 saturated heterocycles. The summed E-state index contributed by atoms with van der Waals surface area (Å²) in [6.07, 6.45) is -4.86. The van der Waals surface area contributed by atoms with Crippen molar-refractivity contribution in [2.24, 2.45) is 10.7 Å². The topological polar surface area (TPSA) is 123 Å². The van der Waals surface area contributed by atoms with Gasteiger partial charge in [0.2, 0.25) is 0 Å². The molecule has 162 valence electrons. The number of methoxy groups -OCH3 is 1. The van der Waals surface area contributed by atoms with E-state index in [2.05, 4.69) is 15.3 Å². The fourth-order valence-electron chi connectivity index (χ4n) is 3.38. The van der Waals surface area contributed by atoms with Crippen molar-refractivity contribution < 1.29 is 27.4 Å². The molecule has 31 heavy (non-hydrogen) atoms. The van der Waals surface area contributed by atoms with Crippen molar-refractivity contribution in [1.82, 2.24) is 4.98 Å². The van der Waals surface area contributed by atoms with E-state index in [1.807, 2.05) is 6.07 Å². The van der Waals surface area contributed by atoms with E-state index in [-0.39, 0.29) is 22.5 Å². The summed E-state index contributed by atoms with van der Waals surface area (Å²) in [5.41, 5.74) is 4.27. The number of pyridine rings is 1. The molecule has 11 heteroatoms. The lowest BCUT2D eigenvalue weighted by Crippen LogP contribution is -2.55. The molecule has 8 nitrogen and oxygen atoms in total. The van der Waals surface area contributed by atoms with Crippen molar-refractivity contribution in [3.63, 3.8) is 0 Å². The van der Waals surface area contributed by atoms with Crippen LogP contribution in [0.25, 0.3) is 0 Å². The first-order valence-corrected chi connectivity index (χ1v) is 9.00. The zero-order chi connectivity index (χ0) is 22.8. The van der Waals surface area contributed by atoms with Crippen molar-refractivity contribution in [2.75, 3.05) is 12.4 Å². The number of amidine groups is 1. The number of amides is 1. The normalized spacial score (nSPS) is 22.9. The van der Waals surface area contributed by atoms with Crippen LogP contribution in [-0.2, 0) is 15.0 Å². The highest BCUT2D eigenvalue weighted by molar-refractivity contribution is 6.02. The number of alkyl halides is 2. The Kier molecular flexibility index (Phi) is 6.12. The Bertz CT molecular complexity index is 1060. The van der Waals surface area contributed by atoms with Crippen molar-refractivity contribution in [1.29, 1.82) is 5.26 Å². The molecule has 0 bridgehead atoms. The maximum atomic E-state index is 14.8. The Morgan fingerprint density at radius 3 is 2.71 bits per heavy atom. The second-order valence-electron chi connectivity index (χ2n) is 6.86. The molecule has 1 aromatic carbocycles. The maximum absolute atomic E-state index is 14.8. The number of hydrogen-bond acceptors (Lipinski definition) is 7. The van der Waals surface area contributed by atoms with Crippen LogP contribution < -0.4 is 11.1 Å². The summed E-state index contributed by atoms with van der Waals surface area (Å²) < 4.78 is 51.8. The molecule has 2 heterocycles. The number of carbonyl (C=O) groups excluding carboxylic acids is 1. The van der Waals surface area contributed by atoms with Crippen molar-refractivity contribution in [3.05, 3.63) is 59.2 Å². The number of nitriles is 1. The molecule has 0 saturated carbocycles. The van der Waals surface area contributed by atoms with E-state index in [0.717, 1.165) is 6.07 Å². The van der Waals surface area contributed by atoms with E-state index in [0.29, 0.717) is 0 Å². The third-order valence-electron chi connectivity index (χ3n) is 4.85. The first-order valence-electron chi connectivity index (χ1n) is 9.00. The number of halogens is 3. The van der Waals surface area contributed by atoms with Crippen LogP contribution in [0.4, 0.5) is 18.9 Å². The number of rotatable bonds is 5. The molecule has 1 amide bonds. The minimum atomic E-state index is -2.97. The van der Waals surface area contributed by atoms with Gasteiger partial charge in [-0.05, 0) is 37.3 Å². The molecule has 2 aromatic rings. The fraction of sp³-hybridized carbons (Fsp3) is 0.300. The van der Waals surface area contributed by atoms with Gasteiger partial charge in [0.25, 0.3) is 18.4 Å². The summed E-state index contributed by atoms with van der Waals surface area (Å²) in [7, 11) is 1.18. The molecule has 0 spiro atoms. The van der Waals surface area contributed by atoms with Crippen LogP contribution in [0.15, 0.2) is 41.5 Å². The summed E-state index contributed by atoms with van der Waals surface area (Å²) >= 11 is 0. The highest BCUT2D eigenvalue weighted by Gasteiger charge is 2.51. The molecule has 3 N–H and O–H groups in total. The van der Waals surface area contributed by atoms with Crippen molar-refractivity contribution >= 4 is 17.6 Å². The number of hydrogen-bond donors (Lipinski definition) is 2. The molecule has 0 radical (unpaired) electrons. The van der Waals surface area contributed by atoms with E-state index in [9.17, 15) is 18.0 Å². The summed E-state index contributed by atoms with van der Waals surface area (Å²) in [5.74, 6) is -1.37. The van der Waals surface area contributed by atoms with Crippen LogP contribution in [-0.4, -0.2) is 42.7 Å². The second kappa shape index (κ2) is 8.61. The number of aromatic nitrogens is 1. The number of carbonyl (C=O) groups is 1. The smallest absolute Gasteiger partial charge is 0.283 e. The molecular weight excluding hydrogens is 415 g/mol. The van der Waals surface area contributed by atoms with E-state index in [1.165, 1.54) is 44.5 Å². The Labute approximate surface area is 175 Å². The van der Waals surface area contributed by atoms with Crippen LogP contribution >= 0.6 is 0 Å². The predicted molar refractivity (Wildman–Crippen MR) is 104 cm³/mol. The van der Waals surface area contributed by atoms with Crippen LogP contribution in [0.5, 0.6) is 0 Å². The van der Waals surface area contributed by atoms with E-state index >= 15 is 0 Å². The molecule has 3 rings (SSSR count). The molecule has 3 atom stereocenters. The summed E-state index contributed by atoms with van der Waals surface area (Å²) in [6, 6.07) is 7.75. The monoisotopic (exact) mass is 433 g/mol. The molecule has 1 aliphatic rings. The van der Waals surface area contributed by atoms with Crippen LogP contribution in [0.2, 0.25) is 0 Å². The quantitative estimate of drug-likeness (QED) is 0.747. The van der Waals surface area contributed by atoms with E-state index in [1.54, 1.807) is 0 Å². The molecule has 0 aliphatic carbocycles. The summed E-state index contributed by atoms with van der Waals surface area (Å²) in [4.78, 5) is 20.4. The first kappa shape index (κ1) is 22.0. The van der Waals surface area contributed by atoms with Crippen molar-refractivity contribution in [3.8, 4) is 6.07 Å².